The Morgan fingerprint density at radius 1 is 1.09 bits per heavy atom. The number of benzene rings is 2. The molecular formula is C23H21N5O3S. The van der Waals surface area contributed by atoms with Crippen molar-refractivity contribution in [1.29, 1.82) is 0 Å². The van der Waals surface area contributed by atoms with Crippen molar-refractivity contribution in [1.82, 2.24) is 14.8 Å². The number of thiazole rings is 1. The number of hydrogen-bond acceptors (Lipinski definition) is 6. The molecule has 0 bridgehead atoms. The molecule has 2 aromatic carbocycles. The second-order valence-electron chi connectivity index (χ2n) is 6.95. The van der Waals surface area contributed by atoms with E-state index in [-0.39, 0.29) is 18.4 Å². The number of hydrogen-bond donors (Lipinski definition) is 2. The van der Waals surface area contributed by atoms with Gasteiger partial charge in [0.15, 0.2) is 0 Å². The predicted octanol–water partition coefficient (Wildman–Crippen LogP) is 4.37. The van der Waals surface area contributed by atoms with Crippen LogP contribution < -0.4 is 15.4 Å². The van der Waals surface area contributed by atoms with Gasteiger partial charge >= 0.3 is 0 Å². The Bertz CT molecular complexity index is 1190. The van der Waals surface area contributed by atoms with Crippen LogP contribution in [0.3, 0.4) is 0 Å². The van der Waals surface area contributed by atoms with Crippen LogP contribution in [-0.4, -0.2) is 26.6 Å². The van der Waals surface area contributed by atoms with Crippen LogP contribution in [0.5, 0.6) is 5.75 Å². The number of aromatic nitrogens is 3. The third-order valence-corrected chi connectivity index (χ3v) is 5.32. The fraction of sp³-hybridized carbons (Fsp3) is 0.130. The molecule has 0 radical (unpaired) electrons. The molecule has 32 heavy (non-hydrogen) atoms. The van der Waals surface area contributed by atoms with E-state index in [1.807, 2.05) is 11.4 Å². The lowest BCUT2D eigenvalue weighted by molar-refractivity contribution is -0.119. The minimum atomic E-state index is -0.468. The lowest BCUT2D eigenvalue weighted by Gasteiger charge is -2.14. The van der Waals surface area contributed by atoms with Gasteiger partial charge in [-0.2, -0.15) is 5.10 Å². The monoisotopic (exact) mass is 447 g/mol. The number of amides is 2. The Kier molecular flexibility index (Phi) is 6.57. The van der Waals surface area contributed by atoms with Crippen LogP contribution in [0.1, 0.15) is 29.0 Å². The molecule has 2 heterocycles. The second-order valence-corrected chi connectivity index (χ2v) is 7.67. The lowest BCUT2D eigenvalue weighted by atomic mass is 10.1. The molecule has 1 unspecified atom stereocenters. The number of nitrogens with zero attached hydrogens (tertiary/aromatic N) is 3. The van der Waals surface area contributed by atoms with Crippen molar-refractivity contribution in [3.05, 3.63) is 89.1 Å². The summed E-state index contributed by atoms with van der Waals surface area (Å²) in [5.41, 5.74) is 4.06. The fourth-order valence-corrected chi connectivity index (χ4v) is 3.53. The molecule has 4 aromatic rings. The quantitative estimate of drug-likeness (QED) is 0.418. The number of anilines is 2. The van der Waals surface area contributed by atoms with Crippen LogP contribution in [-0.2, 0) is 11.4 Å². The van der Waals surface area contributed by atoms with Crippen LogP contribution >= 0.6 is 11.3 Å². The maximum atomic E-state index is 12.9. The first-order valence-electron chi connectivity index (χ1n) is 9.90. The molecule has 2 aromatic heterocycles. The van der Waals surface area contributed by atoms with Gasteiger partial charge in [0.1, 0.15) is 18.4 Å². The molecule has 1 atom stereocenters. The van der Waals surface area contributed by atoms with E-state index in [0.717, 1.165) is 5.69 Å². The summed E-state index contributed by atoms with van der Waals surface area (Å²) >= 11 is 1.49. The summed E-state index contributed by atoms with van der Waals surface area (Å²) < 4.78 is 7.37. The average Bonchev–Trinajstić information content (AvgIpc) is 3.52. The Balaban J connectivity index is 1.42. The fourth-order valence-electron chi connectivity index (χ4n) is 2.99. The van der Waals surface area contributed by atoms with E-state index in [2.05, 4.69) is 20.7 Å². The van der Waals surface area contributed by atoms with Crippen LogP contribution in [0.25, 0.3) is 0 Å². The first kappa shape index (κ1) is 21.3. The summed E-state index contributed by atoms with van der Waals surface area (Å²) in [6.45, 7) is 2.04. The second kappa shape index (κ2) is 9.88. The van der Waals surface area contributed by atoms with Gasteiger partial charge in [0.2, 0.25) is 5.91 Å². The minimum Gasteiger partial charge on any atom is -0.486 e. The van der Waals surface area contributed by atoms with Gasteiger partial charge in [-0.3, -0.25) is 14.3 Å². The van der Waals surface area contributed by atoms with Crippen molar-refractivity contribution in [2.45, 2.75) is 19.6 Å². The highest BCUT2D eigenvalue weighted by molar-refractivity contribution is 7.07. The smallest absolute Gasteiger partial charge is 0.259 e. The topological polar surface area (TPSA) is 98.1 Å². The summed E-state index contributed by atoms with van der Waals surface area (Å²) in [5.74, 6) is -0.0549. The molecule has 0 saturated heterocycles. The summed E-state index contributed by atoms with van der Waals surface area (Å²) in [7, 11) is 0. The van der Waals surface area contributed by atoms with Crippen molar-refractivity contribution in [2.75, 3.05) is 10.6 Å². The molecular weight excluding hydrogens is 426 g/mol. The van der Waals surface area contributed by atoms with E-state index in [1.165, 1.54) is 11.3 Å². The molecule has 4 rings (SSSR count). The van der Waals surface area contributed by atoms with Crippen molar-refractivity contribution in [3.63, 3.8) is 0 Å². The molecule has 8 nitrogen and oxygen atoms in total. The Labute approximate surface area is 188 Å². The average molecular weight is 448 g/mol. The first-order chi connectivity index (χ1) is 15.6. The van der Waals surface area contributed by atoms with Crippen molar-refractivity contribution >= 4 is 34.5 Å². The Hall–Kier alpha value is -3.98. The molecule has 0 aliphatic carbocycles. The zero-order chi connectivity index (χ0) is 22.3. The number of carbonyl (C=O) groups excluding carboxylic acids is 2. The van der Waals surface area contributed by atoms with Crippen LogP contribution in [0.4, 0.5) is 11.4 Å². The summed E-state index contributed by atoms with van der Waals surface area (Å²) in [6.07, 6.45) is 3.35. The van der Waals surface area contributed by atoms with E-state index in [0.29, 0.717) is 22.7 Å². The maximum absolute atomic E-state index is 12.9. The van der Waals surface area contributed by atoms with Gasteiger partial charge in [0, 0.05) is 29.1 Å². The maximum Gasteiger partial charge on any atom is 0.259 e. The highest BCUT2D eigenvalue weighted by atomic mass is 32.1. The summed E-state index contributed by atoms with van der Waals surface area (Å²) in [6, 6.07) is 15.3. The van der Waals surface area contributed by atoms with Gasteiger partial charge in [0.05, 0.1) is 16.8 Å². The largest absolute Gasteiger partial charge is 0.486 e. The van der Waals surface area contributed by atoms with E-state index < -0.39 is 6.04 Å². The van der Waals surface area contributed by atoms with Gasteiger partial charge < -0.3 is 15.4 Å². The first-order valence-corrected chi connectivity index (χ1v) is 10.8. The van der Waals surface area contributed by atoms with Crippen molar-refractivity contribution in [3.8, 4) is 5.75 Å². The van der Waals surface area contributed by atoms with Crippen molar-refractivity contribution in [2.24, 2.45) is 0 Å². The highest BCUT2D eigenvalue weighted by Crippen LogP contribution is 2.22. The summed E-state index contributed by atoms with van der Waals surface area (Å²) in [4.78, 5) is 29.6. The SMILES string of the molecule is CC(C(=O)Nc1cccc(NC(=O)c2ccccc2OCc2cscn2)c1)n1cccn1. The van der Waals surface area contributed by atoms with E-state index >= 15 is 0 Å². The minimum absolute atomic E-state index is 0.210. The number of para-hydroxylation sites is 1. The van der Waals surface area contributed by atoms with Crippen LogP contribution in [0, 0.1) is 0 Å². The third kappa shape index (κ3) is 5.19. The molecule has 9 heteroatoms. The molecule has 0 spiro atoms. The Morgan fingerprint density at radius 2 is 1.91 bits per heavy atom. The van der Waals surface area contributed by atoms with Gasteiger partial charge in [-0.05, 0) is 43.3 Å². The number of rotatable bonds is 8. The molecule has 162 valence electrons. The number of ether oxygens (including phenoxy) is 1. The standard InChI is InChI=1S/C23H21N5O3S/c1-16(28-11-5-10-25-28)22(29)26-17-6-4-7-18(12-17)27-23(30)20-8-2-3-9-21(20)31-13-19-14-32-15-24-19/h2-12,14-16H,13H2,1H3,(H,26,29)(H,27,30). The number of nitrogens with one attached hydrogen (secondary N) is 2. The predicted molar refractivity (Wildman–Crippen MR) is 123 cm³/mol. The zero-order valence-corrected chi connectivity index (χ0v) is 18.1. The molecule has 2 N–H and O–H groups in total. The van der Waals surface area contributed by atoms with Gasteiger partial charge in [-0.15, -0.1) is 11.3 Å². The lowest BCUT2D eigenvalue weighted by Crippen LogP contribution is -2.24. The van der Waals surface area contributed by atoms with Gasteiger partial charge in [-0.1, -0.05) is 18.2 Å². The molecule has 0 fully saturated rings. The molecule has 0 saturated carbocycles. The van der Waals surface area contributed by atoms with Crippen LogP contribution in [0.15, 0.2) is 77.9 Å². The molecule has 0 aliphatic rings. The molecule has 2 amide bonds. The normalized spacial score (nSPS) is 11.5. The van der Waals surface area contributed by atoms with Crippen LogP contribution in [0.2, 0.25) is 0 Å². The number of carbonyl (C=O) groups is 2. The third-order valence-electron chi connectivity index (χ3n) is 4.68. The van der Waals surface area contributed by atoms with E-state index in [9.17, 15) is 9.59 Å². The van der Waals surface area contributed by atoms with E-state index in [4.69, 9.17) is 4.74 Å². The zero-order valence-electron chi connectivity index (χ0n) is 17.3. The van der Waals surface area contributed by atoms with Crippen molar-refractivity contribution < 1.29 is 14.3 Å². The van der Waals surface area contributed by atoms with Gasteiger partial charge in [0.25, 0.3) is 5.91 Å². The molecule has 0 aliphatic heterocycles. The summed E-state index contributed by atoms with van der Waals surface area (Å²) in [5, 5.41) is 11.7. The Morgan fingerprint density at radius 3 is 2.66 bits per heavy atom. The highest BCUT2D eigenvalue weighted by Gasteiger charge is 2.16. The van der Waals surface area contributed by atoms with E-state index in [1.54, 1.807) is 78.0 Å². The van der Waals surface area contributed by atoms with Gasteiger partial charge in [-0.25, -0.2) is 4.98 Å².